The van der Waals surface area contributed by atoms with Gasteiger partial charge in [0.2, 0.25) is 0 Å². The number of ether oxygens (including phenoxy) is 1. The summed E-state index contributed by atoms with van der Waals surface area (Å²) in [4.78, 5) is 47.3. The number of anilines is 1. The molecule has 2 atom stereocenters. The van der Waals surface area contributed by atoms with Gasteiger partial charge in [0.15, 0.2) is 5.82 Å². The molecule has 2 heterocycles. The Hall–Kier alpha value is -4.27. The van der Waals surface area contributed by atoms with Crippen LogP contribution >= 0.6 is 0 Å². The summed E-state index contributed by atoms with van der Waals surface area (Å²) in [6.07, 6.45) is 2.95. The minimum Gasteiger partial charge on any atom is -0.550 e. The molecule has 2 aromatic carbocycles. The molecule has 0 saturated heterocycles. The van der Waals surface area contributed by atoms with Gasteiger partial charge in [-0.3, -0.25) is 4.79 Å². The highest BCUT2D eigenvalue weighted by atomic mass is 16.5. The third-order valence-electron chi connectivity index (χ3n) is 7.35. The Morgan fingerprint density at radius 2 is 1.41 bits per heavy atom. The molecule has 1 aliphatic heterocycles. The van der Waals surface area contributed by atoms with Gasteiger partial charge in [-0.15, -0.1) is 0 Å². The molecule has 0 amide bonds. The molecule has 9 heteroatoms. The number of nitrogens with zero attached hydrogens (tertiary/aromatic N) is 3. The van der Waals surface area contributed by atoms with Crippen molar-refractivity contribution in [2.24, 2.45) is 5.92 Å². The van der Waals surface area contributed by atoms with E-state index in [1.165, 1.54) is 0 Å². The summed E-state index contributed by atoms with van der Waals surface area (Å²) in [5, 5.41) is 23.5. The number of carboxylic acid groups (broad SMARTS) is 2. The molecule has 0 fully saturated rings. The first kappa shape index (κ1) is 29.7. The molecule has 1 aliphatic rings. The number of esters is 1. The van der Waals surface area contributed by atoms with Crippen LogP contribution in [0.1, 0.15) is 63.5 Å². The Balaban J connectivity index is 1.70. The molecule has 4 rings (SSSR count). The predicted molar refractivity (Wildman–Crippen MR) is 150 cm³/mol. The maximum absolute atomic E-state index is 11.8. The minimum atomic E-state index is -1.27. The van der Waals surface area contributed by atoms with Gasteiger partial charge in [-0.1, -0.05) is 73.5 Å². The van der Waals surface area contributed by atoms with Gasteiger partial charge in [-0.2, -0.15) is 0 Å². The molecular weight excluding hydrogens is 522 g/mol. The second-order valence-corrected chi connectivity index (χ2v) is 10.3. The van der Waals surface area contributed by atoms with Crippen molar-refractivity contribution in [3.63, 3.8) is 0 Å². The van der Waals surface area contributed by atoms with Crippen LogP contribution in [0.2, 0.25) is 0 Å². The number of benzene rings is 2. The molecule has 0 radical (unpaired) electrons. The van der Waals surface area contributed by atoms with Crippen molar-refractivity contribution >= 4 is 23.7 Å². The zero-order valence-electron chi connectivity index (χ0n) is 23.3. The Labute approximate surface area is 240 Å². The Bertz CT molecular complexity index is 1330. The third-order valence-corrected chi connectivity index (χ3v) is 7.35. The molecule has 0 bridgehead atoms. The molecule has 1 aromatic heterocycles. The summed E-state index contributed by atoms with van der Waals surface area (Å²) < 4.78 is 4.99. The van der Waals surface area contributed by atoms with Gasteiger partial charge in [0, 0.05) is 48.5 Å². The number of aromatic nitrogens is 2. The number of carboxylic acids is 2. The Morgan fingerprint density at radius 3 is 2.00 bits per heavy atom. The van der Waals surface area contributed by atoms with Crippen LogP contribution in [0.15, 0.2) is 60.7 Å². The van der Waals surface area contributed by atoms with E-state index < -0.39 is 23.8 Å². The van der Waals surface area contributed by atoms with Gasteiger partial charge in [-0.05, 0) is 38.5 Å². The van der Waals surface area contributed by atoms with Crippen molar-refractivity contribution in [2.75, 3.05) is 24.6 Å². The minimum absolute atomic E-state index is 0.195. The van der Waals surface area contributed by atoms with Crippen molar-refractivity contribution in [2.45, 2.75) is 57.8 Å². The number of fused-ring (bicyclic) bond motifs is 1. The highest BCUT2D eigenvalue weighted by Gasteiger charge is 2.37. The lowest BCUT2D eigenvalue weighted by Crippen LogP contribution is -2.43. The van der Waals surface area contributed by atoms with E-state index in [9.17, 15) is 24.6 Å². The lowest BCUT2D eigenvalue weighted by Gasteiger charge is -2.40. The van der Waals surface area contributed by atoms with Crippen molar-refractivity contribution in [1.29, 1.82) is 0 Å². The quantitative estimate of drug-likeness (QED) is 0.216. The topological polar surface area (TPSA) is 136 Å². The molecule has 0 saturated carbocycles. The fraction of sp³-hybridized carbons (Fsp3) is 0.406. The van der Waals surface area contributed by atoms with Gasteiger partial charge in [0.1, 0.15) is 0 Å². The van der Waals surface area contributed by atoms with Crippen LogP contribution in [-0.2, 0) is 19.1 Å². The van der Waals surface area contributed by atoms with Crippen LogP contribution in [0.5, 0.6) is 0 Å². The van der Waals surface area contributed by atoms with E-state index in [0.717, 1.165) is 36.8 Å². The first-order chi connectivity index (χ1) is 19.9. The monoisotopic (exact) mass is 557 g/mol. The summed E-state index contributed by atoms with van der Waals surface area (Å²) in [6.45, 7) is 3.06. The maximum Gasteiger partial charge on any atom is 0.305 e. The van der Waals surface area contributed by atoms with E-state index in [1.807, 2.05) is 65.6 Å². The lowest BCUT2D eigenvalue weighted by molar-refractivity contribution is -0.310. The molecule has 2 unspecified atom stereocenters. The fourth-order valence-electron chi connectivity index (χ4n) is 5.46. The predicted octanol–water partition coefficient (Wildman–Crippen LogP) is 3.12. The normalized spacial score (nSPS) is 16.2. The molecule has 41 heavy (non-hydrogen) atoms. The highest BCUT2D eigenvalue weighted by Crippen LogP contribution is 2.43. The zero-order valence-corrected chi connectivity index (χ0v) is 23.3. The second-order valence-electron chi connectivity index (χ2n) is 10.3. The highest BCUT2D eigenvalue weighted by molar-refractivity contribution is 5.80. The Morgan fingerprint density at radius 1 is 0.829 bits per heavy atom. The number of hydrogen-bond donors (Lipinski definition) is 0. The van der Waals surface area contributed by atoms with Gasteiger partial charge >= 0.3 is 5.97 Å². The first-order valence-electron chi connectivity index (χ1n) is 14.2. The van der Waals surface area contributed by atoms with Crippen LogP contribution in [0, 0.1) is 5.92 Å². The van der Waals surface area contributed by atoms with Crippen LogP contribution in [0.25, 0.3) is 22.5 Å². The van der Waals surface area contributed by atoms with Crippen molar-refractivity contribution in [3.8, 4) is 22.5 Å². The average molecular weight is 558 g/mol. The summed E-state index contributed by atoms with van der Waals surface area (Å²) in [7, 11) is 0. The van der Waals surface area contributed by atoms with E-state index in [-0.39, 0.29) is 18.8 Å². The number of hydrogen-bond acceptors (Lipinski definition) is 9. The molecule has 3 aromatic rings. The average Bonchev–Trinajstić information content (AvgIpc) is 2.96. The van der Waals surface area contributed by atoms with Gasteiger partial charge < -0.3 is 29.4 Å². The van der Waals surface area contributed by atoms with Gasteiger partial charge in [0.25, 0.3) is 0 Å². The molecular formula is C32H35N3O6-2. The largest absolute Gasteiger partial charge is 0.550 e. The maximum atomic E-state index is 11.8. The van der Waals surface area contributed by atoms with Crippen LogP contribution in [-0.4, -0.2) is 47.6 Å². The SMILES string of the molecule is CCOC(=O)CCCCCCN1CC(CC(=O)[O-])C(CC(=O)[O-])c2nc(-c3ccccc3)c(-c3ccccc3)nc21. The summed E-state index contributed by atoms with van der Waals surface area (Å²) in [5.74, 6) is -3.36. The number of carbonyl (C=O) groups excluding carboxylic acids is 3. The molecule has 0 aliphatic carbocycles. The first-order valence-corrected chi connectivity index (χ1v) is 14.2. The number of unbranched alkanes of at least 4 members (excludes halogenated alkanes) is 3. The van der Waals surface area contributed by atoms with E-state index in [4.69, 9.17) is 14.7 Å². The summed E-state index contributed by atoms with van der Waals surface area (Å²) in [6, 6.07) is 19.2. The smallest absolute Gasteiger partial charge is 0.305 e. The van der Waals surface area contributed by atoms with E-state index in [0.29, 0.717) is 49.0 Å². The van der Waals surface area contributed by atoms with E-state index >= 15 is 0 Å². The van der Waals surface area contributed by atoms with E-state index in [2.05, 4.69) is 0 Å². The van der Waals surface area contributed by atoms with Crippen LogP contribution in [0.3, 0.4) is 0 Å². The van der Waals surface area contributed by atoms with Crippen molar-refractivity contribution in [1.82, 2.24) is 9.97 Å². The van der Waals surface area contributed by atoms with Crippen molar-refractivity contribution < 1.29 is 29.3 Å². The van der Waals surface area contributed by atoms with E-state index in [1.54, 1.807) is 6.92 Å². The zero-order chi connectivity index (χ0) is 29.2. The Kier molecular flexibility index (Phi) is 10.4. The summed E-state index contributed by atoms with van der Waals surface area (Å²) in [5.41, 5.74) is 3.43. The van der Waals surface area contributed by atoms with Crippen molar-refractivity contribution in [3.05, 3.63) is 66.4 Å². The fourth-order valence-corrected chi connectivity index (χ4v) is 5.46. The number of carbonyl (C=O) groups is 3. The van der Waals surface area contributed by atoms with Crippen LogP contribution < -0.4 is 15.1 Å². The second kappa shape index (κ2) is 14.4. The lowest BCUT2D eigenvalue weighted by atomic mass is 9.80. The molecule has 0 spiro atoms. The molecule has 9 nitrogen and oxygen atoms in total. The number of rotatable bonds is 14. The number of aliphatic carboxylic acids is 2. The van der Waals surface area contributed by atoms with Crippen LogP contribution in [0.4, 0.5) is 5.82 Å². The standard InChI is InChI=1S/C32H37N3O6/c1-2-41-28(40)17-11-3-4-12-18-35-21-24(19-26(36)37)25(20-27(38)39)31-32(35)34-30(23-15-9-6-10-16-23)29(33-31)22-13-7-5-8-14-22/h5-10,13-16,24-25H,2-4,11-12,17-21H2,1H3,(H,36,37)(H,38,39)/p-2. The van der Waals surface area contributed by atoms with Gasteiger partial charge in [-0.25, -0.2) is 9.97 Å². The third kappa shape index (κ3) is 7.90. The van der Waals surface area contributed by atoms with Gasteiger partial charge in [0.05, 0.1) is 23.7 Å². The molecule has 216 valence electrons. The summed E-state index contributed by atoms with van der Waals surface area (Å²) >= 11 is 0. The molecule has 0 N–H and O–H groups in total.